The summed E-state index contributed by atoms with van der Waals surface area (Å²) in [7, 11) is 1.87. The first kappa shape index (κ1) is 17.0. The van der Waals surface area contributed by atoms with Gasteiger partial charge in [-0.05, 0) is 30.3 Å². The fourth-order valence-corrected chi connectivity index (χ4v) is 3.82. The average molecular weight is 377 g/mol. The Morgan fingerprint density at radius 3 is 2.86 bits per heavy atom. The summed E-state index contributed by atoms with van der Waals surface area (Å²) >= 11 is 0. The van der Waals surface area contributed by atoms with E-state index in [1.807, 2.05) is 31.3 Å². The van der Waals surface area contributed by atoms with E-state index < -0.39 is 0 Å². The molecule has 3 heterocycles. The largest absolute Gasteiger partial charge is 0.486 e. The number of anilines is 2. The normalized spacial score (nSPS) is 18.3. The summed E-state index contributed by atoms with van der Waals surface area (Å²) in [5.41, 5.74) is 2.04. The Labute approximate surface area is 164 Å². The minimum atomic E-state index is 0.124. The molecule has 0 amide bonds. The summed E-state index contributed by atoms with van der Waals surface area (Å²) in [4.78, 5) is 7.01. The first-order valence-corrected chi connectivity index (χ1v) is 9.69. The van der Waals surface area contributed by atoms with Gasteiger partial charge in [-0.15, -0.1) is 0 Å². The van der Waals surface area contributed by atoms with E-state index in [9.17, 15) is 0 Å². The molecule has 1 saturated heterocycles. The molecule has 2 aromatic carbocycles. The number of benzene rings is 2. The molecule has 6 nitrogen and oxygen atoms in total. The van der Waals surface area contributed by atoms with Crippen molar-refractivity contribution in [1.29, 1.82) is 0 Å². The lowest BCUT2D eigenvalue weighted by Crippen LogP contribution is -2.25. The highest BCUT2D eigenvalue weighted by molar-refractivity contribution is 5.85. The Bertz CT molecular complexity index is 1010. The first-order chi connectivity index (χ1) is 13.8. The molecule has 0 saturated carbocycles. The van der Waals surface area contributed by atoms with Gasteiger partial charge in [0.05, 0.1) is 6.54 Å². The molecule has 5 rings (SSSR count). The van der Waals surface area contributed by atoms with Crippen LogP contribution in [0.2, 0.25) is 0 Å². The Morgan fingerprint density at radius 1 is 1.07 bits per heavy atom. The summed E-state index contributed by atoms with van der Waals surface area (Å²) < 4.78 is 17.7. The van der Waals surface area contributed by atoms with E-state index in [-0.39, 0.29) is 6.10 Å². The zero-order valence-corrected chi connectivity index (χ0v) is 15.9. The standard InChI is InChI=1S/C22H23N3O3/c1-23-21-8-5-15-3-2-4-19(22(15)24-21)28-17-9-10-25(14-17)16-6-7-18-20(13-16)27-12-11-26-18/h2-8,13,17H,9-12,14H2,1H3,(H,23,24). The minimum absolute atomic E-state index is 0.124. The van der Waals surface area contributed by atoms with Gasteiger partial charge in [0, 0.05) is 37.2 Å². The molecule has 2 aliphatic heterocycles. The molecule has 1 unspecified atom stereocenters. The monoisotopic (exact) mass is 377 g/mol. The molecule has 2 aliphatic rings. The second-order valence-corrected chi connectivity index (χ2v) is 7.08. The van der Waals surface area contributed by atoms with Crippen LogP contribution in [-0.2, 0) is 0 Å². The quantitative estimate of drug-likeness (QED) is 0.748. The van der Waals surface area contributed by atoms with E-state index in [0.29, 0.717) is 13.2 Å². The number of rotatable bonds is 4. The van der Waals surface area contributed by atoms with Crippen molar-refractivity contribution in [2.24, 2.45) is 0 Å². The first-order valence-electron chi connectivity index (χ1n) is 9.69. The molecule has 3 aromatic rings. The third-order valence-corrected chi connectivity index (χ3v) is 5.27. The van der Waals surface area contributed by atoms with Gasteiger partial charge in [0.25, 0.3) is 0 Å². The maximum atomic E-state index is 6.36. The van der Waals surface area contributed by atoms with E-state index in [1.54, 1.807) is 0 Å². The van der Waals surface area contributed by atoms with E-state index in [2.05, 4.69) is 39.5 Å². The number of hydrogen-bond acceptors (Lipinski definition) is 6. The highest BCUT2D eigenvalue weighted by Gasteiger charge is 2.26. The third-order valence-electron chi connectivity index (χ3n) is 5.27. The van der Waals surface area contributed by atoms with Gasteiger partial charge in [-0.1, -0.05) is 12.1 Å². The van der Waals surface area contributed by atoms with Crippen molar-refractivity contribution >= 4 is 22.4 Å². The SMILES string of the molecule is CNc1ccc2cccc(OC3CCN(c4ccc5c(c4)OCCO5)C3)c2n1. The van der Waals surface area contributed by atoms with Gasteiger partial charge >= 0.3 is 0 Å². The molecule has 0 aliphatic carbocycles. The molecule has 6 heteroatoms. The fraction of sp³-hybridized carbons (Fsp3) is 0.318. The van der Waals surface area contributed by atoms with Gasteiger partial charge in [0.1, 0.15) is 36.4 Å². The third kappa shape index (κ3) is 3.15. The molecule has 1 fully saturated rings. The number of nitrogens with one attached hydrogen (secondary N) is 1. The van der Waals surface area contributed by atoms with Crippen molar-refractivity contribution in [2.45, 2.75) is 12.5 Å². The van der Waals surface area contributed by atoms with Gasteiger partial charge in [-0.2, -0.15) is 0 Å². The number of para-hydroxylation sites is 1. The van der Waals surface area contributed by atoms with Crippen molar-refractivity contribution < 1.29 is 14.2 Å². The highest BCUT2D eigenvalue weighted by Crippen LogP contribution is 2.35. The van der Waals surface area contributed by atoms with E-state index >= 15 is 0 Å². The Balaban J connectivity index is 1.34. The van der Waals surface area contributed by atoms with Crippen LogP contribution in [0.4, 0.5) is 11.5 Å². The van der Waals surface area contributed by atoms with E-state index in [1.165, 1.54) is 0 Å². The van der Waals surface area contributed by atoms with Crippen molar-refractivity contribution in [1.82, 2.24) is 4.98 Å². The second kappa shape index (κ2) is 7.11. The molecule has 0 radical (unpaired) electrons. The van der Waals surface area contributed by atoms with Crippen LogP contribution in [0.25, 0.3) is 10.9 Å². The number of nitrogens with zero attached hydrogens (tertiary/aromatic N) is 2. The predicted octanol–water partition coefficient (Wildman–Crippen LogP) is 3.71. The Hall–Kier alpha value is -3.15. The number of hydrogen-bond donors (Lipinski definition) is 1. The molecule has 0 bridgehead atoms. The van der Waals surface area contributed by atoms with Crippen molar-refractivity contribution in [3.8, 4) is 17.2 Å². The van der Waals surface area contributed by atoms with Crippen molar-refractivity contribution in [3.05, 3.63) is 48.5 Å². The highest BCUT2D eigenvalue weighted by atomic mass is 16.6. The summed E-state index contributed by atoms with van der Waals surface area (Å²) in [6.07, 6.45) is 1.09. The fourth-order valence-electron chi connectivity index (χ4n) is 3.82. The van der Waals surface area contributed by atoms with E-state index in [4.69, 9.17) is 14.2 Å². The number of aromatic nitrogens is 1. The number of pyridine rings is 1. The maximum absolute atomic E-state index is 6.36. The summed E-state index contributed by atoms with van der Waals surface area (Å²) in [5, 5.41) is 4.18. The molecule has 1 N–H and O–H groups in total. The van der Waals surface area contributed by atoms with Gasteiger partial charge in [-0.25, -0.2) is 4.98 Å². The molecule has 28 heavy (non-hydrogen) atoms. The lowest BCUT2D eigenvalue weighted by Gasteiger charge is -2.23. The molecular weight excluding hydrogens is 354 g/mol. The van der Waals surface area contributed by atoms with Crippen LogP contribution in [0, 0.1) is 0 Å². The summed E-state index contributed by atoms with van der Waals surface area (Å²) in [5.74, 6) is 3.33. The van der Waals surface area contributed by atoms with Gasteiger partial charge in [-0.3, -0.25) is 0 Å². The van der Waals surface area contributed by atoms with Crippen molar-refractivity contribution in [2.75, 3.05) is 43.6 Å². The van der Waals surface area contributed by atoms with Gasteiger partial charge in [0.15, 0.2) is 11.5 Å². The van der Waals surface area contributed by atoms with Crippen molar-refractivity contribution in [3.63, 3.8) is 0 Å². The Kier molecular flexibility index (Phi) is 4.31. The zero-order chi connectivity index (χ0) is 18.9. The Morgan fingerprint density at radius 2 is 1.96 bits per heavy atom. The minimum Gasteiger partial charge on any atom is -0.486 e. The van der Waals surface area contributed by atoms with Crippen LogP contribution in [-0.4, -0.2) is 44.4 Å². The van der Waals surface area contributed by atoms with Gasteiger partial charge < -0.3 is 24.4 Å². The lowest BCUT2D eigenvalue weighted by atomic mass is 10.2. The molecule has 0 spiro atoms. The maximum Gasteiger partial charge on any atom is 0.163 e. The summed E-state index contributed by atoms with van der Waals surface area (Å²) in [6, 6.07) is 16.3. The zero-order valence-electron chi connectivity index (χ0n) is 15.9. The van der Waals surface area contributed by atoms with E-state index in [0.717, 1.165) is 59.2 Å². The topological polar surface area (TPSA) is 55.9 Å². The summed E-state index contributed by atoms with van der Waals surface area (Å²) in [6.45, 7) is 3.00. The lowest BCUT2D eigenvalue weighted by molar-refractivity contribution is 0.171. The van der Waals surface area contributed by atoms with Gasteiger partial charge in [0.2, 0.25) is 0 Å². The second-order valence-electron chi connectivity index (χ2n) is 7.08. The molecule has 144 valence electrons. The van der Waals surface area contributed by atoms with Crippen LogP contribution in [0.15, 0.2) is 48.5 Å². The number of fused-ring (bicyclic) bond motifs is 2. The van der Waals surface area contributed by atoms with Crippen LogP contribution in [0.5, 0.6) is 17.2 Å². The molecular formula is C22H23N3O3. The van der Waals surface area contributed by atoms with Crippen LogP contribution < -0.4 is 24.4 Å². The van der Waals surface area contributed by atoms with Crippen LogP contribution in [0.3, 0.4) is 0 Å². The predicted molar refractivity (Wildman–Crippen MR) is 110 cm³/mol. The van der Waals surface area contributed by atoms with Crippen LogP contribution in [0.1, 0.15) is 6.42 Å². The number of ether oxygens (including phenoxy) is 3. The molecule has 1 aromatic heterocycles. The average Bonchev–Trinajstić information content (AvgIpc) is 3.22. The molecule has 1 atom stereocenters. The van der Waals surface area contributed by atoms with Crippen LogP contribution >= 0.6 is 0 Å². The smallest absolute Gasteiger partial charge is 0.163 e.